The molecule has 2 aliphatic rings. The molecule has 90 valence electrons. The highest BCUT2D eigenvalue weighted by Crippen LogP contribution is 2.40. The third-order valence-electron chi connectivity index (χ3n) is 3.40. The van der Waals surface area contributed by atoms with Crippen molar-refractivity contribution in [3.8, 4) is 0 Å². The third kappa shape index (κ3) is 2.11. The SMILES string of the molecule is O=C(C1CC1)N1CCCc2cc(Br)cc(Cl)c21. The lowest BCUT2D eigenvalue weighted by Crippen LogP contribution is -2.36. The van der Waals surface area contributed by atoms with Crippen LogP contribution < -0.4 is 4.90 Å². The van der Waals surface area contributed by atoms with E-state index in [2.05, 4.69) is 22.0 Å². The van der Waals surface area contributed by atoms with Crippen molar-refractivity contribution >= 4 is 39.1 Å². The fourth-order valence-electron chi connectivity index (χ4n) is 2.42. The summed E-state index contributed by atoms with van der Waals surface area (Å²) >= 11 is 9.74. The third-order valence-corrected chi connectivity index (χ3v) is 4.14. The first kappa shape index (κ1) is 11.5. The number of anilines is 1. The molecule has 0 atom stereocenters. The zero-order chi connectivity index (χ0) is 12.0. The molecule has 1 aromatic carbocycles. The maximum atomic E-state index is 12.2. The molecule has 4 heteroatoms. The van der Waals surface area contributed by atoms with Gasteiger partial charge < -0.3 is 4.90 Å². The van der Waals surface area contributed by atoms with Crippen molar-refractivity contribution < 1.29 is 4.79 Å². The predicted molar refractivity (Wildman–Crippen MR) is 72.6 cm³/mol. The quantitative estimate of drug-likeness (QED) is 0.772. The molecule has 0 radical (unpaired) electrons. The number of fused-ring (bicyclic) bond motifs is 1. The Balaban J connectivity index is 2.03. The molecule has 1 aromatic rings. The normalized spacial score (nSPS) is 19.1. The van der Waals surface area contributed by atoms with Gasteiger partial charge in [0.1, 0.15) is 0 Å². The van der Waals surface area contributed by atoms with E-state index < -0.39 is 0 Å². The molecule has 0 unspecified atom stereocenters. The van der Waals surface area contributed by atoms with Crippen molar-refractivity contribution in [2.45, 2.75) is 25.7 Å². The number of carbonyl (C=O) groups is 1. The Kier molecular flexibility index (Phi) is 2.91. The summed E-state index contributed by atoms with van der Waals surface area (Å²) in [6, 6.07) is 3.95. The van der Waals surface area contributed by atoms with Crippen molar-refractivity contribution in [2.24, 2.45) is 5.92 Å². The number of benzene rings is 1. The van der Waals surface area contributed by atoms with Gasteiger partial charge in [-0.2, -0.15) is 0 Å². The van der Waals surface area contributed by atoms with Gasteiger partial charge in [0.2, 0.25) is 5.91 Å². The highest BCUT2D eigenvalue weighted by atomic mass is 79.9. The number of hydrogen-bond acceptors (Lipinski definition) is 1. The fraction of sp³-hybridized carbons (Fsp3) is 0.462. The Bertz CT molecular complexity index is 485. The van der Waals surface area contributed by atoms with Gasteiger partial charge in [-0.05, 0) is 43.4 Å². The van der Waals surface area contributed by atoms with Crippen LogP contribution in [0.1, 0.15) is 24.8 Å². The number of carbonyl (C=O) groups excluding carboxylic acids is 1. The Morgan fingerprint density at radius 2 is 2.18 bits per heavy atom. The van der Waals surface area contributed by atoms with Gasteiger partial charge in [-0.25, -0.2) is 0 Å². The maximum Gasteiger partial charge on any atom is 0.230 e. The summed E-state index contributed by atoms with van der Waals surface area (Å²) in [6.45, 7) is 0.809. The molecule has 1 heterocycles. The van der Waals surface area contributed by atoms with E-state index in [1.165, 1.54) is 5.56 Å². The number of aryl methyl sites for hydroxylation is 1. The van der Waals surface area contributed by atoms with E-state index in [-0.39, 0.29) is 11.8 Å². The molecule has 3 rings (SSSR count). The van der Waals surface area contributed by atoms with Crippen LogP contribution in [0.4, 0.5) is 5.69 Å². The molecular formula is C13H13BrClNO. The average Bonchev–Trinajstić information content (AvgIpc) is 3.10. The minimum Gasteiger partial charge on any atom is -0.310 e. The molecule has 0 aromatic heterocycles. The molecule has 0 saturated heterocycles. The zero-order valence-electron chi connectivity index (χ0n) is 9.38. The van der Waals surface area contributed by atoms with Crippen LogP contribution in [0, 0.1) is 5.92 Å². The van der Waals surface area contributed by atoms with Crippen LogP contribution in [0.5, 0.6) is 0 Å². The van der Waals surface area contributed by atoms with Crippen LogP contribution in [-0.4, -0.2) is 12.5 Å². The van der Waals surface area contributed by atoms with Crippen LogP contribution in [0.2, 0.25) is 5.02 Å². The largest absolute Gasteiger partial charge is 0.310 e. The summed E-state index contributed by atoms with van der Waals surface area (Å²) in [6.07, 6.45) is 4.11. The molecule has 2 nitrogen and oxygen atoms in total. The van der Waals surface area contributed by atoms with Crippen LogP contribution in [0.15, 0.2) is 16.6 Å². The summed E-state index contributed by atoms with van der Waals surface area (Å²) in [7, 11) is 0. The molecule has 1 amide bonds. The Morgan fingerprint density at radius 1 is 1.41 bits per heavy atom. The smallest absolute Gasteiger partial charge is 0.230 e. The van der Waals surface area contributed by atoms with Crippen molar-refractivity contribution in [3.63, 3.8) is 0 Å². The number of hydrogen-bond donors (Lipinski definition) is 0. The highest BCUT2D eigenvalue weighted by molar-refractivity contribution is 9.10. The van der Waals surface area contributed by atoms with E-state index in [4.69, 9.17) is 11.6 Å². The maximum absolute atomic E-state index is 12.2. The van der Waals surface area contributed by atoms with Gasteiger partial charge in [-0.15, -0.1) is 0 Å². The van der Waals surface area contributed by atoms with Gasteiger partial charge in [0.15, 0.2) is 0 Å². The number of rotatable bonds is 1. The monoisotopic (exact) mass is 313 g/mol. The van der Waals surface area contributed by atoms with E-state index in [1.54, 1.807) is 0 Å². The summed E-state index contributed by atoms with van der Waals surface area (Å²) in [4.78, 5) is 14.1. The Hall–Kier alpha value is -0.540. The molecule has 0 bridgehead atoms. The van der Waals surface area contributed by atoms with Crippen molar-refractivity contribution in [1.82, 2.24) is 0 Å². The van der Waals surface area contributed by atoms with Crippen molar-refractivity contribution in [3.05, 3.63) is 27.2 Å². The van der Waals surface area contributed by atoms with E-state index in [9.17, 15) is 4.79 Å². The lowest BCUT2D eigenvalue weighted by molar-refractivity contribution is -0.119. The van der Waals surface area contributed by atoms with Crippen molar-refractivity contribution in [2.75, 3.05) is 11.4 Å². The molecule has 17 heavy (non-hydrogen) atoms. The van der Waals surface area contributed by atoms with E-state index in [1.807, 2.05) is 11.0 Å². The predicted octanol–water partition coefficient (Wildman–Crippen LogP) is 3.79. The minimum absolute atomic E-state index is 0.251. The fourth-order valence-corrected chi connectivity index (χ4v) is 3.40. The summed E-state index contributed by atoms with van der Waals surface area (Å²) in [5, 5.41) is 0.683. The van der Waals surface area contributed by atoms with E-state index >= 15 is 0 Å². The topological polar surface area (TPSA) is 20.3 Å². The van der Waals surface area contributed by atoms with Crippen LogP contribution in [0.25, 0.3) is 0 Å². The van der Waals surface area contributed by atoms with Crippen molar-refractivity contribution in [1.29, 1.82) is 0 Å². The first-order chi connectivity index (χ1) is 8.16. The summed E-state index contributed by atoms with van der Waals surface area (Å²) < 4.78 is 0.988. The second-order valence-electron chi connectivity index (χ2n) is 4.76. The molecular weight excluding hydrogens is 302 g/mol. The van der Waals surface area contributed by atoms with Crippen LogP contribution in [-0.2, 0) is 11.2 Å². The first-order valence-corrected chi connectivity index (χ1v) is 7.13. The standard InChI is InChI=1S/C13H13BrClNO/c14-10-6-9-2-1-5-16(12(9)11(15)7-10)13(17)8-3-4-8/h6-8H,1-5H2. The minimum atomic E-state index is 0.251. The lowest BCUT2D eigenvalue weighted by Gasteiger charge is -2.30. The van der Waals surface area contributed by atoms with Gasteiger partial charge in [0.05, 0.1) is 10.7 Å². The summed E-state index contributed by atoms with van der Waals surface area (Å²) in [5.74, 6) is 0.510. The molecule has 1 saturated carbocycles. The van der Waals surface area contributed by atoms with Gasteiger partial charge in [-0.1, -0.05) is 27.5 Å². The van der Waals surface area contributed by atoms with Gasteiger partial charge in [-0.3, -0.25) is 4.79 Å². The van der Waals surface area contributed by atoms with Crippen LogP contribution >= 0.6 is 27.5 Å². The summed E-state index contributed by atoms with van der Waals surface area (Å²) in [5.41, 5.74) is 2.13. The van der Waals surface area contributed by atoms with Gasteiger partial charge in [0, 0.05) is 16.9 Å². The zero-order valence-corrected chi connectivity index (χ0v) is 11.7. The van der Waals surface area contributed by atoms with Crippen LogP contribution in [0.3, 0.4) is 0 Å². The first-order valence-electron chi connectivity index (χ1n) is 5.96. The second-order valence-corrected chi connectivity index (χ2v) is 6.09. The number of amides is 1. The molecule has 0 N–H and O–H groups in total. The second kappa shape index (κ2) is 4.29. The number of halogens is 2. The molecule has 1 aliphatic heterocycles. The van der Waals surface area contributed by atoms with E-state index in [0.717, 1.165) is 42.4 Å². The molecule has 0 spiro atoms. The van der Waals surface area contributed by atoms with E-state index in [0.29, 0.717) is 5.02 Å². The lowest BCUT2D eigenvalue weighted by atomic mass is 10.0. The average molecular weight is 315 g/mol. The number of nitrogens with zero attached hydrogens (tertiary/aromatic N) is 1. The Labute approximate surface area is 114 Å². The van der Waals surface area contributed by atoms with Gasteiger partial charge >= 0.3 is 0 Å². The molecule has 1 fully saturated rings. The van der Waals surface area contributed by atoms with Gasteiger partial charge in [0.25, 0.3) is 0 Å². The highest BCUT2D eigenvalue weighted by Gasteiger charge is 2.36. The molecule has 1 aliphatic carbocycles. The Morgan fingerprint density at radius 3 is 2.88 bits per heavy atom.